The average Bonchev–Trinajstić information content (AvgIpc) is 2.33. The molecule has 0 spiro atoms. The Morgan fingerprint density at radius 1 is 1.42 bits per heavy atom. The number of hydrogen-bond donors (Lipinski definition) is 2. The number of nitrogen functional groups attached to an aromatic ring is 1. The molecule has 1 aromatic rings. The molecule has 0 heterocycles. The van der Waals surface area contributed by atoms with Gasteiger partial charge < -0.3 is 11.1 Å². The van der Waals surface area contributed by atoms with Gasteiger partial charge in [0.05, 0.1) is 5.69 Å². The SMILES string of the molecule is CC1(C)CCCCC1C(=O)Nc1cc(N)ccc1Br. The second-order valence-corrected chi connectivity index (χ2v) is 6.87. The number of anilines is 2. The van der Waals surface area contributed by atoms with Crippen LogP contribution in [0.4, 0.5) is 11.4 Å². The fourth-order valence-corrected chi connectivity index (χ4v) is 3.18. The Morgan fingerprint density at radius 2 is 2.16 bits per heavy atom. The second kappa shape index (κ2) is 5.53. The third-order valence-electron chi connectivity index (χ3n) is 4.07. The highest BCUT2D eigenvalue weighted by molar-refractivity contribution is 9.10. The third kappa shape index (κ3) is 3.30. The fourth-order valence-electron chi connectivity index (χ4n) is 2.84. The van der Waals surface area contributed by atoms with Crippen molar-refractivity contribution in [2.75, 3.05) is 11.1 Å². The van der Waals surface area contributed by atoms with Crippen molar-refractivity contribution in [1.82, 2.24) is 0 Å². The van der Waals surface area contributed by atoms with Crippen molar-refractivity contribution in [2.45, 2.75) is 39.5 Å². The zero-order chi connectivity index (χ0) is 14.0. The number of halogens is 1. The molecule has 3 N–H and O–H groups in total. The minimum Gasteiger partial charge on any atom is -0.399 e. The summed E-state index contributed by atoms with van der Waals surface area (Å²) in [5, 5.41) is 3.01. The molecule has 1 aliphatic rings. The first kappa shape index (κ1) is 14.4. The normalized spacial score (nSPS) is 21.9. The minimum absolute atomic E-state index is 0.0783. The molecule has 0 radical (unpaired) electrons. The van der Waals surface area contributed by atoms with Crippen LogP contribution in [-0.4, -0.2) is 5.91 Å². The summed E-state index contributed by atoms with van der Waals surface area (Å²) in [6, 6.07) is 5.46. The van der Waals surface area contributed by atoms with Crippen LogP contribution >= 0.6 is 15.9 Å². The van der Waals surface area contributed by atoms with E-state index < -0.39 is 0 Å². The molecule has 1 aliphatic carbocycles. The van der Waals surface area contributed by atoms with Crippen molar-refractivity contribution in [3.63, 3.8) is 0 Å². The first-order valence-electron chi connectivity index (χ1n) is 6.76. The molecule has 4 heteroatoms. The van der Waals surface area contributed by atoms with Gasteiger partial charge in [-0.15, -0.1) is 0 Å². The van der Waals surface area contributed by atoms with Crippen LogP contribution in [0.2, 0.25) is 0 Å². The topological polar surface area (TPSA) is 55.1 Å². The van der Waals surface area contributed by atoms with Crippen molar-refractivity contribution in [3.05, 3.63) is 22.7 Å². The van der Waals surface area contributed by atoms with Gasteiger partial charge in [-0.05, 0) is 52.4 Å². The second-order valence-electron chi connectivity index (χ2n) is 6.02. The van der Waals surface area contributed by atoms with Gasteiger partial charge in [0.25, 0.3) is 0 Å². The van der Waals surface area contributed by atoms with Gasteiger partial charge in [0, 0.05) is 16.1 Å². The number of rotatable bonds is 2. The molecule has 0 bridgehead atoms. The van der Waals surface area contributed by atoms with Crippen LogP contribution in [0.15, 0.2) is 22.7 Å². The van der Waals surface area contributed by atoms with E-state index in [9.17, 15) is 4.79 Å². The van der Waals surface area contributed by atoms with Crippen LogP contribution in [0.25, 0.3) is 0 Å². The number of nitrogens with one attached hydrogen (secondary N) is 1. The van der Waals surface area contributed by atoms with E-state index in [0.717, 1.165) is 29.4 Å². The van der Waals surface area contributed by atoms with Gasteiger partial charge >= 0.3 is 0 Å². The predicted molar refractivity (Wildman–Crippen MR) is 82.9 cm³/mol. The highest BCUT2D eigenvalue weighted by Gasteiger charge is 2.37. The first-order valence-corrected chi connectivity index (χ1v) is 7.55. The van der Waals surface area contributed by atoms with Crippen LogP contribution in [-0.2, 0) is 4.79 Å². The standard InChI is InChI=1S/C15H21BrN2O/c1-15(2)8-4-3-5-11(15)14(19)18-13-9-10(17)6-7-12(13)16/h6-7,9,11H,3-5,8,17H2,1-2H3,(H,18,19). The van der Waals surface area contributed by atoms with Crippen LogP contribution in [0.3, 0.4) is 0 Å². The molecule has 1 saturated carbocycles. The van der Waals surface area contributed by atoms with Gasteiger partial charge in [0.1, 0.15) is 0 Å². The lowest BCUT2D eigenvalue weighted by Gasteiger charge is -2.37. The van der Waals surface area contributed by atoms with E-state index in [1.54, 1.807) is 6.07 Å². The van der Waals surface area contributed by atoms with Crippen molar-refractivity contribution in [1.29, 1.82) is 0 Å². The van der Waals surface area contributed by atoms with E-state index in [-0.39, 0.29) is 17.2 Å². The Kier molecular flexibility index (Phi) is 4.19. The molecule has 1 aromatic carbocycles. The quantitative estimate of drug-likeness (QED) is 0.801. The van der Waals surface area contributed by atoms with E-state index in [4.69, 9.17) is 5.73 Å². The Morgan fingerprint density at radius 3 is 2.84 bits per heavy atom. The summed E-state index contributed by atoms with van der Waals surface area (Å²) in [6.45, 7) is 4.37. The average molecular weight is 325 g/mol. The van der Waals surface area contributed by atoms with Crippen LogP contribution in [0, 0.1) is 11.3 Å². The summed E-state index contributed by atoms with van der Waals surface area (Å²) in [5.74, 6) is 0.186. The molecular formula is C15H21BrN2O. The van der Waals surface area contributed by atoms with Crippen molar-refractivity contribution in [3.8, 4) is 0 Å². The zero-order valence-corrected chi connectivity index (χ0v) is 13.1. The van der Waals surface area contributed by atoms with E-state index in [2.05, 4.69) is 35.1 Å². The fraction of sp³-hybridized carbons (Fsp3) is 0.533. The molecule has 0 aromatic heterocycles. The third-order valence-corrected chi connectivity index (χ3v) is 4.76. The van der Waals surface area contributed by atoms with Crippen molar-refractivity contribution in [2.24, 2.45) is 11.3 Å². The zero-order valence-electron chi connectivity index (χ0n) is 11.5. The van der Waals surface area contributed by atoms with Gasteiger partial charge in [-0.3, -0.25) is 4.79 Å². The molecule has 104 valence electrons. The van der Waals surface area contributed by atoms with Crippen LogP contribution in [0.1, 0.15) is 39.5 Å². The van der Waals surface area contributed by atoms with E-state index in [1.165, 1.54) is 6.42 Å². The summed E-state index contributed by atoms with van der Waals surface area (Å²) in [6.07, 6.45) is 4.44. The Labute approximate surface area is 123 Å². The molecule has 1 unspecified atom stereocenters. The molecule has 3 nitrogen and oxygen atoms in total. The maximum Gasteiger partial charge on any atom is 0.228 e. The molecule has 0 aliphatic heterocycles. The lowest BCUT2D eigenvalue weighted by atomic mass is 9.68. The molecule has 1 atom stereocenters. The van der Waals surface area contributed by atoms with Crippen molar-refractivity contribution < 1.29 is 4.79 Å². The van der Waals surface area contributed by atoms with Gasteiger partial charge in [0.15, 0.2) is 0 Å². The number of amides is 1. The van der Waals surface area contributed by atoms with Crippen molar-refractivity contribution >= 4 is 33.2 Å². The molecule has 0 saturated heterocycles. The van der Waals surface area contributed by atoms with Gasteiger partial charge in [-0.1, -0.05) is 26.7 Å². The lowest BCUT2D eigenvalue weighted by molar-refractivity contribution is -0.124. The summed E-state index contributed by atoms with van der Waals surface area (Å²) >= 11 is 3.44. The lowest BCUT2D eigenvalue weighted by Crippen LogP contribution is -2.37. The van der Waals surface area contributed by atoms with Crippen LogP contribution in [0.5, 0.6) is 0 Å². The van der Waals surface area contributed by atoms with Gasteiger partial charge in [0.2, 0.25) is 5.91 Å². The van der Waals surface area contributed by atoms with E-state index in [1.807, 2.05) is 12.1 Å². The maximum atomic E-state index is 12.5. The minimum atomic E-state index is 0.0783. The first-order chi connectivity index (χ1) is 8.90. The molecule has 1 fully saturated rings. The Hall–Kier alpha value is -1.03. The number of carbonyl (C=O) groups excluding carboxylic acids is 1. The van der Waals surface area contributed by atoms with Gasteiger partial charge in [-0.2, -0.15) is 0 Å². The van der Waals surface area contributed by atoms with Crippen LogP contribution < -0.4 is 11.1 Å². The molecule has 1 amide bonds. The molecule has 19 heavy (non-hydrogen) atoms. The number of carbonyl (C=O) groups is 1. The Balaban J connectivity index is 2.14. The summed E-state index contributed by atoms with van der Waals surface area (Å²) < 4.78 is 0.865. The molecular weight excluding hydrogens is 304 g/mol. The number of nitrogens with two attached hydrogens (primary N) is 1. The largest absolute Gasteiger partial charge is 0.399 e. The highest BCUT2D eigenvalue weighted by atomic mass is 79.9. The number of benzene rings is 1. The Bertz CT molecular complexity index is 485. The summed E-state index contributed by atoms with van der Waals surface area (Å²) in [5.41, 5.74) is 7.25. The smallest absolute Gasteiger partial charge is 0.228 e. The van der Waals surface area contributed by atoms with Gasteiger partial charge in [-0.25, -0.2) is 0 Å². The predicted octanol–water partition coefficient (Wildman–Crippen LogP) is 4.19. The maximum absolute atomic E-state index is 12.5. The van der Waals surface area contributed by atoms with E-state index in [0.29, 0.717) is 5.69 Å². The summed E-state index contributed by atoms with van der Waals surface area (Å²) in [7, 11) is 0. The monoisotopic (exact) mass is 324 g/mol. The summed E-state index contributed by atoms with van der Waals surface area (Å²) in [4.78, 5) is 12.5. The molecule has 2 rings (SSSR count). The number of hydrogen-bond acceptors (Lipinski definition) is 2. The van der Waals surface area contributed by atoms with E-state index >= 15 is 0 Å². The highest BCUT2D eigenvalue weighted by Crippen LogP contribution is 2.41.